The summed E-state index contributed by atoms with van der Waals surface area (Å²) in [4.78, 5) is 7.16. The van der Waals surface area contributed by atoms with Crippen LogP contribution < -0.4 is 10.2 Å². The molecular weight excluding hydrogens is 246 g/mol. The first-order valence-electron chi connectivity index (χ1n) is 8.10. The average molecular weight is 275 g/mol. The topological polar surface area (TPSA) is 28.2 Å². The molecule has 2 rings (SSSR count). The third-order valence-electron chi connectivity index (χ3n) is 4.52. The average Bonchev–Trinajstić information content (AvgIpc) is 2.95. The standard InChI is InChI=1S/C17H29N3/c1-5-16(18-6-2)17-8-7-15(11-19-17)20-10-9-14(12-20)13(3)4/h7-8,11,13-14,16,18H,5-6,9-10,12H2,1-4H3. The Kier molecular flexibility index (Phi) is 5.41. The second-order valence-electron chi connectivity index (χ2n) is 6.20. The van der Waals surface area contributed by atoms with Gasteiger partial charge in [-0.25, -0.2) is 0 Å². The number of nitrogens with one attached hydrogen (secondary N) is 1. The lowest BCUT2D eigenvalue weighted by Gasteiger charge is -2.21. The van der Waals surface area contributed by atoms with Gasteiger partial charge in [-0.3, -0.25) is 4.98 Å². The van der Waals surface area contributed by atoms with Crippen LogP contribution in [0, 0.1) is 11.8 Å². The van der Waals surface area contributed by atoms with E-state index in [-0.39, 0.29) is 0 Å². The van der Waals surface area contributed by atoms with E-state index in [9.17, 15) is 0 Å². The van der Waals surface area contributed by atoms with E-state index in [1.165, 1.54) is 25.2 Å². The fourth-order valence-electron chi connectivity index (χ4n) is 3.06. The Morgan fingerprint density at radius 2 is 2.15 bits per heavy atom. The van der Waals surface area contributed by atoms with Crippen LogP contribution >= 0.6 is 0 Å². The maximum absolute atomic E-state index is 4.68. The van der Waals surface area contributed by atoms with Gasteiger partial charge in [0.2, 0.25) is 0 Å². The lowest BCUT2D eigenvalue weighted by Crippen LogP contribution is -2.23. The van der Waals surface area contributed by atoms with Crippen molar-refractivity contribution in [2.45, 2.75) is 46.6 Å². The summed E-state index contributed by atoms with van der Waals surface area (Å²) in [5, 5.41) is 3.48. The molecule has 0 saturated carbocycles. The molecule has 0 bridgehead atoms. The number of nitrogens with zero attached hydrogens (tertiary/aromatic N) is 2. The second kappa shape index (κ2) is 7.07. The molecule has 3 heteroatoms. The molecule has 112 valence electrons. The van der Waals surface area contributed by atoms with Crippen LogP contribution in [0.3, 0.4) is 0 Å². The van der Waals surface area contributed by atoms with Crippen molar-refractivity contribution in [3.8, 4) is 0 Å². The van der Waals surface area contributed by atoms with Gasteiger partial charge >= 0.3 is 0 Å². The summed E-state index contributed by atoms with van der Waals surface area (Å²) in [6.07, 6.45) is 4.45. The highest BCUT2D eigenvalue weighted by atomic mass is 15.2. The van der Waals surface area contributed by atoms with Crippen LogP contribution in [-0.4, -0.2) is 24.6 Å². The largest absolute Gasteiger partial charge is 0.370 e. The number of aromatic nitrogens is 1. The first-order chi connectivity index (χ1) is 9.65. The van der Waals surface area contributed by atoms with E-state index in [0.29, 0.717) is 6.04 Å². The molecule has 20 heavy (non-hydrogen) atoms. The summed E-state index contributed by atoms with van der Waals surface area (Å²) in [5.41, 5.74) is 2.45. The number of rotatable bonds is 6. The van der Waals surface area contributed by atoms with E-state index >= 15 is 0 Å². The van der Waals surface area contributed by atoms with Crippen LogP contribution in [0.4, 0.5) is 5.69 Å². The number of pyridine rings is 1. The van der Waals surface area contributed by atoms with Gasteiger partial charge in [0.1, 0.15) is 0 Å². The molecule has 2 heterocycles. The van der Waals surface area contributed by atoms with Gasteiger partial charge in [-0.2, -0.15) is 0 Å². The van der Waals surface area contributed by atoms with Gasteiger partial charge < -0.3 is 10.2 Å². The highest BCUT2D eigenvalue weighted by molar-refractivity contribution is 5.45. The molecule has 0 radical (unpaired) electrons. The zero-order valence-electron chi connectivity index (χ0n) is 13.4. The zero-order chi connectivity index (χ0) is 14.5. The molecule has 3 nitrogen and oxygen atoms in total. The summed E-state index contributed by atoms with van der Waals surface area (Å²) in [7, 11) is 0. The summed E-state index contributed by atoms with van der Waals surface area (Å²) < 4.78 is 0. The van der Waals surface area contributed by atoms with Crippen molar-refractivity contribution in [3.63, 3.8) is 0 Å². The Morgan fingerprint density at radius 3 is 2.65 bits per heavy atom. The predicted octanol–water partition coefficient (Wildman–Crippen LogP) is 3.62. The molecule has 0 amide bonds. The molecule has 1 aliphatic heterocycles. The molecule has 0 spiro atoms. The molecule has 1 aromatic rings. The third-order valence-corrected chi connectivity index (χ3v) is 4.52. The minimum Gasteiger partial charge on any atom is -0.370 e. The van der Waals surface area contributed by atoms with E-state index in [0.717, 1.165) is 30.5 Å². The Morgan fingerprint density at radius 1 is 1.35 bits per heavy atom. The number of hydrogen-bond donors (Lipinski definition) is 1. The Hall–Kier alpha value is -1.09. The van der Waals surface area contributed by atoms with E-state index in [4.69, 9.17) is 0 Å². The quantitative estimate of drug-likeness (QED) is 0.859. The maximum Gasteiger partial charge on any atom is 0.0574 e. The smallest absolute Gasteiger partial charge is 0.0574 e. The lowest BCUT2D eigenvalue weighted by molar-refractivity contribution is 0.422. The first kappa shape index (κ1) is 15.3. The van der Waals surface area contributed by atoms with E-state index in [1.807, 2.05) is 0 Å². The Bertz CT molecular complexity index is 399. The molecule has 1 aromatic heterocycles. The van der Waals surface area contributed by atoms with Crippen molar-refractivity contribution < 1.29 is 0 Å². The van der Waals surface area contributed by atoms with E-state index in [2.05, 4.69) is 61.2 Å². The minimum atomic E-state index is 0.385. The monoisotopic (exact) mass is 275 g/mol. The molecule has 1 N–H and O–H groups in total. The highest BCUT2D eigenvalue weighted by Crippen LogP contribution is 2.28. The van der Waals surface area contributed by atoms with E-state index in [1.54, 1.807) is 0 Å². The first-order valence-corrected chi connectivity index (χ1v) is 8.10. The van der Waals surface area contributed by atoms with Crippen molar-refractivity contribution in [2.24, 2.45) is 11.8 Å². The normalized spacial score (nSPS) is 20.6. The second-order valence-corrected chi connectivity index (χ2v) is 6.20. The van der Waals surface area contributed by atoms with Crippen molar-refractivity contribution in [2.75, 3.05) is 24.5 Å². The van der Waals surface area contributed by atoms with Gasteiger partial charge in [0.25, 0.3) is 0 Å². The van der Waals surface area contributed by atoms with Gasteiger partial charge in [0, 0.05) is 19.1 Å². The number of anilines is 1. The van der Waals surface area contributed by atoms with Crippen molar-refractivity contribution in [1.82, 2.24) is 10.3 Å². The highest BCUT2D eigenvalue weighted by Gasteiger charge is 2.25. The van der Waals surface area contributed by atoms with Gasteiger partial charge in [-0.1, -0.05) is 27.7 Å². The fourth-order valence-corrected chi connectivity index (χ4v) is 3.06. The maximum atomic E-state index is 4.68. The van der Waals surface area contributed by atoms with Crippen molar-refractivity contribution in [1.29, 1.82) is 0 Å². The lowest BCUT2D eigenvalue weighted by atomic mass is 9.95. The van der Waals surface area contributed by atoms with Gasteiger partial charge in [-0.05, 0) is 43.4 Å². The van der Waals surface area contributed by atoms with Gasteiger partial charge in [0.15, 0.2) is 0 Å². The Labute approximate surface area is 123 Å². The molecular formula is C17H29N3. The summed E-state index contributed by atoms with van der Waals surface area (Å²) in [6, 6.07) is 4.82. The van der Waals surface area contributed by atoms with Crippen LogP contribution in [-0.2, 0) is 0 Å². The molecule has 0 aliphatic carbocycles. The van der Waals surface area contributed by atoms with Crippen LogP contribution in [0.25, 0.3) is 0 Å². The molecule has 1 fully saturated rings. The molecule has 1 aliphatic rings. The van der Waals surface area contributed by atoms with Gasteiger partial charge in [-0.15, -0.1) is 0 Å². The minimum absolute atomic E-state index is 0.385. The predicted molar refractivity (Wildman–Crippen MR) is 86.1 cm³/mol. The number of hydrogen-bond acceptors (Lipinski definition) is 3. The van der Waals surface area contributed by atoms with Crippen molar-refractivity contribution in [3.05, 3.63) is 24.0 Å². The molecule has 1 saturated heterocycles. The molecule has 2 unspecified atom stereocenters. The van der Waals surface area contributed by atoms with Crippen LogP contribution in [0.2, 0.25) is 0 Å². The third kappa shape index (κ3) is 3.51. The van der Waals surface area contributed by atoms with E-state index < -0.39 is 0 Å². The zero-order valence-corrected chi connectivity index (χ0v) is 13.4. The summed E-state index contributed by atoms with van der Waals surface area (Å²) >= 11 is 0. The van der Waals surface area contributed by atoms with Crippen LogP contribution in [0.1, 0.15) is 52.3 Å². The summed E-state index contributed by atoms with van der Waals surface area (Å²) in [6.45, 7) is 12.4. The molecule has 0 aromatic carbocycles. The van der Waals surface area contributed by atoms with Gasteiger partial charge in [0.05, 0.1) is 17.6 Å². The van der Waals surface area contributed by atoms with Crippen molar-refractivity contribution >= 4 is 5.69 Å². The fraction of sp³-hybridized carbons (Fsp3) is 0.706. The van der Waals surface area contributed by atoms with Crippen LogP contribution in [0.15, 0.2) is 18.3 Å². The van der Waals surface area contributed by atoms with Crippen LogP contribution in [0.5, 0.6) is 0 Å². The Balaban J connectivity index is 2.01. The molecule has 2 atom stereocenters. The summed E-state index contributed by atoms with van der Waals surface area (Å²) in [5.74, 6) is 1.62. The SMILES string of the molecule is CCNC(CC)c1ccc(N2CCC(C(C)C)C2)cn1.